The minimum absolute atomic E-state index is 0.194. The molecule has 3 aliphatic rings. The summed E-state index contributed by atoms with van der Waals surface area (Å²) in [6.07, 6.45) is 15.0. The van der Waals surface area contributed by atoms with Crippen molar-refractivity contribution in [2.45, 2.75) is 86.2 Å². The number of carbonyl (C=O) groups is 1. The van der Waals surface area contributed by atoms with Gasteiger partial charge in [-0.2, -0.15) is 0 Å². The molecular weight excluding hydrogens is 344 g/mol. The maximum atomic E-state index is 13.2. The topological polar surface area (TPSA) is 58.1 Å². The van der Waals surface area contributed by atoms with Crippen molar-refractivity contribution in [2.75, 3.05) is 13.1 Å². The van der Waals surface area contributed by atoms with Gasteiger partial charge < -0.3 is 5.32 Å². The molecule has 0 atom stereocenters. The lowest BCUT2D eigenvalue weighted by Gasteiger charge is -2.39. The quantitative estimate of drug-likeness (QED) is 0.801. The van der Waals surface area contributed by atoms with Gasteiger partial charge >= 0.3 is 0 Å². The van der Waals surface area contributed by atoms with E-state index in [-0.39, 0.29) is 5.54 Å². The van der Waals surface area contributed by atoms with E-state index in [4.69, 9.17) is 0 Å². The maximum Gasteiger partial charge on any atom is 0.240 e. The van der Waals surface area contributed by atoms with Crippen LogP contribution < -0.4 is 5.32 Å². The maximum absolute atomic E-state index is 13.2. The summed E-state index contributed by atoms with van der Waals surface area (Å²) in [7, 11) is 0. The molecule has 2 heterocycles. The third kappa shape index (κ3) is 3.91. The van der Waals surface area contributed by atoms with Crippen molar-refractivity contribution in [3.63, 3.8) is 0 Å². The van der Waals surface area contributed by atoms with Crippen LogP contribution in [0.15, 0.2) is 23.6 Å². The van der Waals surface area contributed by atoms with E-state index in [9.17, 15) is 4.79 Å². The van der Waals surface area contributed by atoms with Gasteiger partial charge in [0.15, 0.2) is 5.16 Å². The summed E-state index contributed by atoms with van der Waals surface area (Å²) in [5.41, 5.74) is -0.194. The van der Waals surface area contributed by atoms with Gasteiger partial charge in [0.2, 0.25) is 5.91 Å². The van der Waals surface area contributed by atoms with Crippen molar-refractivity contribution in [1.82, 2.24) is 20.2 Å². The monoisotopic (exact) mass is 374 g/mol. The van der Waals surface area contributed by atoms with E-state index >= 15 is 0 Å². The highest BCUT2D eigenvalue weighted by atomic mass is 32.2. The van der Waals surface area contributed by atoms with Crippen LogP contribution in [0.1, 0.15) is 64.2 Å². The zero-order chi connectivity index (χ0) is 17.8. The fourth-order valence-corrected chi connectivity index (χ4v) is 5.98. The number of amides is 1. The van der Waals surface area contributed by atoms with E-state index in [2.05, 4.69) is 20.2 Å². The largest absolute Gasteiger partial charge is 0.352 e. The molecule has 1 aliphatic heterocycles. The van der Waals surface area contributed by atoms with E-state index < -0.39 is 0 Å². The highest BCUT2D eigenvalue weighted by Gasteiger charge is 2.47. The molecule has 26 heavy (non-hydrogen) atoms. The number of nitrogens with one attached hydrogen (secondary N) is 1. The molecule has 6 heteroatoms. The summed E-state index contributed by atoms with van der Waals surface area (Å²) in [6.45, 7) is 2.21. The van der Waals surface area contributed by atoms with Gasteiger partial charge in [0.25, 0.3) is 0 Å². The Bertz CT molecular complexity index is 591. The fraction of sp³-hybridized carbons (Fsp3) is 0.750. The van der Waals surface area contributed by atoms with E-state index in [1.54, 1.807) is 24.2 Å². The second kappa shape index (κ2) is 8.26. The van der Waals surface area contributed by atoms with Crippen LogP contribution in [0.5, 0.6) is 0 Å². The van der Waals surface area contributed by atoms with Crippen LogP contribution in [-0.4, -0.2) is 50.7 Å². The van der Waals surface area contributed by atoms with Gasteiger partial charge in [0.05, 0.1) is 0 Å². The van der Waals surface area contributed by atoms with Crippen LogP contribution in [0.25, 0.3) is 0 Å². The summed E-state index contributed by atoms with van der Waals surface area (Å²) < 4.78 is 0. The van der Waals surface area contributed by atoms with Gasteiger partial charge in [-0.25, -0.2) is 9.97 Å². The number of hydrogen-bond donors (Lipinski definition) is 1. The van der Waals surface area contributed by atoms with Crippen molar-refractivity contribution in [3.05, 3.63) is 18.5 Å². The smallest absolute Gasteiger partial charge is 0.240 e. The highest BCUT2D eigenvalue weighted by molar-refractivity contribution is 7.99. The van der Waals surface area contributed by atoms with Crippen molar-refractivity contribution < 1.29 is 4.79 Å². The molecular formula is C20H30N4OS. The number of nitrogens with zero attached hydrogens (tertiary/aromatic N) is 3. The van der Waals surface area contributed by atoms with Crippen molar-refractivity contribution in [1.29, 1.82) is 0 Å². The molecule has 0 radical (unpaired) electrons. The number of thioether (sulfide) groups is 1. The van der Waals surface area contributed by atoms with Crippen LogP contribution in [0.3, 0.4) is 0 Å². The lowest BCUT2D eigenvalue weighted by Crippen LogP contribution is -2.58. The van der Waals surface area contributed by atoms with Crippen LogP contribution in [0.4, 0.5) is 0 Å². The van der Waals surface area contributed by atoms with Crippen molar-refractivity contribution in [3.8, 4) is 0 Å². The molecule has 0 unspecified atom stereocenters. The summed E-state index contributed by atoms with van der Waals surface area (Å²) in [5, 5.41) is 4.89. The fourth-order valence-electron chi connectivity index (χ4n) is 4.93. The molecule has 1 N–H and O–H groups in total. The predicted octanol–water partition coefficient (Wildman–Crippen LogP) is 3.40. The Morgan fingerprint density at radius 2 is 1.69 bits per heavy atom. The van der Waals surface area contributed by atoms with Crippen molar-refractivity contribution in [2.24, 2.45) is 0 Å². The summed E-state index contributed by atoms with van der Waals surface area (Å²) in [5.74, 6) is 0.319. The first-order valence-corrected chi connectivity index (χ1v) is 11.1. The molecule has 0 bridgehead atoms. The standard InChI is InChI=1S/C20H30N4OS/c25-18(20(10-1-2-11-20)24-14-3-4-15-24)23-16-6-8-17(9-7-16)26-19-21-12-5-13-22-19/h5,12-13,16-17H,1-4,6-11,14-15H2,(H,23,25). The average Bonchev–Trinajstić information content (AvgIpc) is 3.37. The molecule has 3 fully saturated rings. The second-order valence-electron chi connectivity index (χ2n) is 8.03. The molecule has 5 nitrogen and oxygen atoms in total. The van der Waals surface area contributed by atoms with Crippen LogP contribution in [-0.2, 0) is 4.79 Å². The Balaban J connectivity index is 1.30. The van der Waals surface area contributed by atoms with Gasteiger partial charge in [0, 0.05) is 23.7 Å². The lowest BCUT2D eigenvalue weighted by molar-refractivity contribution is -0.133. The lowest BCUT2D eigenvalue weighted by atomic mass is 9.90. The third-order valence-corrected chi connectivity index (χ3v) is 7.61. The van der Waals surface area contributed by atoms with Gasteiger partial charge in [-0.05, 0) is 70.5 Å². The van der Waals surface area contributed by atoms with E-state index in [0.29, 0.717) is 17.2 Å². The molecule has 0 aromatic carbocycles. The molecule has 1 aromatic rings. The third-order valence-electron chi connectivity index (χ3n) is 6.39. The Labute approximate surface area is 160 Å². The minimum Gasteiger partial charge on any atom is -0.352 e. The van der Waals surface area contributed by atoms with Gasteiger partial charge in [0.1, 0.15) is 5.54 Å². The Morgan fingerprint density at radius 3 is 2.35 bits per heavy atom. The average molecular weight is 375 g/mol. The summed E-state index contributed by atoms with van der Waals surface area (Å²) >= 11 is 1.79. The molecule has 4 rings (SSSR count). The van der Waals surface area contributed by atoms with Gasteiger partial charge in [-0.3, -0.25) is 9.69 Å². The zero-order valence-corrected chi connectivity index (χ0v) is 16.3. The first-order valence-electron chi connectivity index (χ1n) is 10.3. The Morgan fingerprint density at radius 1 is 1.04 bits per heavy atom. The van der Waals surface area contributed by atoms with Crippen molar-refractivity contribution >= 4 is 17.7 Å². The molecule has 2 aliphatic carbocycles. The molecule has 2 saturated carbocycles. The zero-order valence-electron chi connectivity index (χ0n) is 15.5. The van der Waals surface area contributed by atoms with Crippen LogP contribution in [0.2, 0.25) is 0 Å². The first kappa shape index (κ1) is 18.2. The highest BCUT2D eigenvalue weighted by Crippen LogP contribution is 2.38. The van der Waals surface area contributed by atoms with E-state index in [1.165, 1.54) is 25.7 Å². The molecule has 142 valence electrons. The number of likely N-dealkylation sites (tertiary alicyclic amines) is 1. The Hall–Kier alpha value is -1.14. The first-order chi connectivity index (χ1) is 12.8. The molecule has 1 aromatic heterocycles. The number of aromatic nitrogens is 2. The van der Waals surface area contributed by atoms with Gasteiger partial charge in [-0.15, -0.1) is 0 Å². The summed E-state index contributed by atoms with van der Waals surface area (Å²) in [6, 6.07) is 2.20. The molecule has 0 spiro atoms. The normalized spacial score (nSPS) is 28.9. The van der Waals surface area contributed by atoms with E-state index in [0.717, 1.165) is 56.8 Å². The van der Waals surface area contributed by atoms with Gasteiger partial charge in [-0.1, -0.05) is 24.6 Å². The summed E-state index contributed by atoms with van der Waals surface area (Å²) in [4.78, 5) is 24.4. The molecule has 1 saturated heterocycles. The van der Waals surface area contributed by atoms with Crippen LogP contribution in [0, 0.1) is 0 Å². The number of hydrogen-bond acceptors (Lipinski definition) is 5. The number of rotatable bonds is 5. The SMILES string of the molecule is O=C(NC1CCC(Sc2ncccn2)CC1)C1(N2CCCC2)CCCC1. The second-order valence-corrected chi connectivity index (χ2v) is 9.30. The van der Waals surface area contributed by atoms with E-state index in [1.807, 2.05) is 6.07 Å². The predicted molar refractivity (Wildman–Crippen MR) is 104 cm³/mol. The molecule has 1 amide bonds. The number of carbonyl (C=O) groups excluding carboxylic acids is 1. The Kier molecular flexibility index (Phi) is 5.79. The minimum atomic E-state index is -0.194. The van der Waals surface area contributed by atoms with Crippen LogP contribution >= 0.6 is 11.8 Å².